The molecule has 0 spiro atoms. The average Bonchev–Trinajstić information content (AvgIpc) is 3.17. The molecule has 23 heavy (non-hydrogen) atoms. The quantitative estimate of drug-likeness (QED) is 0.324. The van der Waals surface area contributed by atoms with Gasteiger partial charge in [0.2, 0.25) is 0 Å². The second-order valence-electron chi connectivity index (χ2n) is 6.56. The molecule has 2 N–H and O–H groups in total. The van der Waals surface area contributed by atoms with Gasteiger partial charge in [0.25, 0.3) is 0 Å². The first-order valence-electron chi connectivity index (χ1n) is 8.66. The van der Waals surface area contributed by atoms with Crippen molar-refractivity contribution in [2.24, 2.45) is 10.9 Å². The Morgan fingerprint density at radius 3 is 2.87 bits per heavy atom. The first kappa shape index (κ1) is 18.5. The molecule has 2 unspecified atom stereocenters. The standard InChI is InChI=1S/C16H28N6.HI/c1-12-11-13(12)19-16(17-2)18-9-6-8-15-21-20-14-7-4-3-5-10-22(14)15;/h12-13H,3-11H2,1-2H3,(H2,17,18,19);1H. The van der Waals surface area contributed by atoms with Crippen molar-refractivity contribution in [1.29, 1.82) is 0 Å². The molecule has 1 aromatic rings. The van der Waals surface area contributed by atoms with Crippen LogP contribution in [-0.2, 0) is 19.4 Å². The van der Waals surface area contributed by atoms with E-state index in [1.54, 1.807) is 0 Å². The van der Waals surface area contributed by atoms with Crippen LogP contribution >= 0.6 is 24.0 Å². The third kappa shape index (κ3) is 5.06. The molecule has 6 nitrogen and oxygen atoms in total. The van der Waals surface area contributed by atoms with Crippen LogP contribution in [0.3, 0.4) is 0 Å². The van der Waals surface area contributed by atoms with Crippen LogP contribution in [0.5, 0.6) is 0 Å². The van der Waals surface area contributed by atoms with Crippen LogP contribution in [0.25, 0.3) is 0 Å². The summed E-state index contributed by atoms with van der Waals surface area (Å²) in [5, 5.41) is 15.6. The Hall–Kier alpha value is -0.860. The molecule has 0 bridgehead atoms. The molecule has 0 saturated heterocycles. The van der Waals surface area contributed by atoms with Gasteiger partial charge in [-0.3, -0.25) is 4.99 Å². The molecule has 1 aliphatic heterocycles. The maximum atomic E-state index is 4.38. The first-order valence-corrected chi connectivity index (χ1v) is 8.66. The highest BCUT2D eigenvalue weighted by Crippen LogP contribution is 2.28. The smallest absolute Gasteiger partial charge is 0.191 e. The summed E-state index contributed by atoms with van der Waals surface area (Å²) in [5.41, 5.74) is 0. The van der Waals surface area contributed by atoms with E-state index >= 15 is 0 Å². The van der Waals surface area contributed by atoms with Crippen molar-refractivity contribution in [2.45, 2.75) is 64.5 Å². The van der Waals surface area contributed by atoms with Gasteiger partial charge >= 0.3 is 0 Å². The number of fused-ring (bicyclic) bond motifs is 1. The third-order valence-electron chi connectivity index (χ3n) is 4.71. The molecule has 1 aliphatic carbocycles. The molecule has 0 amide bonds. The predicted octanol–water partition coefficient (Wildman–Crippen LogP) is 2.13. The number of aromatic nitrogens is 3. The highest BCUT2D eigenvalue weighted by molar-refractivity contribution is 14.0. The van der Waals surface area contributed by atoms with Crippen LogP contribution in [0.15, 0.2) is 4.99 Å². The van der Waals surface area contributed by atoms with E-state index in [0.717, 1.165) is 50.1 Å². The van der Waals surface area contributed by atoms with Gasteiger partial charge in [-0.05, 0) is 31.6 Å². The molecule has 3 rings (SSSR count). The fourth-order valence-electron chi connectivity index (χ4n) is 3.08. The lowest BCUT2D eigenvalue weighted by Gasteiger charge is -2.11. The highest BCUT2D eigenvalue weighted by Gasteiger charge is 2.33. The number of hydrogen-bond acceptors (Lipinski definition) is 3. The largest absolute Gasteiger partial charge is 0.356 e. The third-order valence-corrected chi connectivity index (χ3v) is 4.71. The van der Waals surface area contributed by atoms with E-state index < -0.39 is 0 Å². The van der Waals surface area contributed by atoms with E-state index in [-0.39, 0.29) is 24.0 Å². The fourth-order valence-corrected chi connectivity index (χ4v) is 3.08. The van der Waals surface area contributed by atoms with E-state index in [0.29, 0.717) is 6.04 Å². The number of nitrogens with one attached hydrogen (secondary N) is 2. The molecule has 0 aromatic carbocycles. The number of nitrogens with zero attached hydrogens (tertiary/aromatic N) is 4. The number of halogens is 1. The Labute approximate surface area is 155 Å². The summed E-state index contributed by atoms with van der Waals surface area (Å²) in [5.74, 6) is 4.04. The zero-order valence-corrected chi connectivity index (χ0v) is 16.5. The SMILES string of the molecule is CN=C(NCCCc1nnc2n1CCCCC2)NC1CC1C.I. The zero-order chi connectivity index (χ0) is 15.4. The Bertz CT molecular complexity index is 527. The zero-order valence-electron chi connectivity index (χ0n) is 14.2. The van der Waals surface area contributed by atoms with E-state index in [1.807, 2.05) is 7.05 Å². The van der Waals surface area contributed by atoms with Gasteiger partial charge < -0.3 is 15.2 Å². The van der Waals surface area contributed by atoms with E-state index in [4.69, 9.17) is 0 Å². The maximum absolute atomic E-state index is 4.38. The van der Waals surface area contributed by atoms with Crippen LogP contribution in [0.4, 0.5) is 0 Å². The second kappa shape index (κ2) is 8.84. The predicted molar refractivity (Wildman–Crippen MR) is 103 cm³/mol. The molecule has 2 atom stereocenters. The van der Waals surface area contributed by atoms with Crippen LogP contribution in [0.2, 0.25) is 0 Å². The van der Waals surface area contributed by atoms with Crippen LogP contribution in [-0.4, -0.2) is 40.4 Å². The fraction of sp³-hybridized carbons (Fsp3) is 0.812. The number of guanidine groups is 1. The van der Waals surface area contributed by atoms with Crippen LogP contribution < -0.4 is 10.6 Å². The molecule has 130 valence electrons. The molecule has 2 aliphatic rings. The van der Waals surface area contributed by atoms with Gasteiger partial charge in [-0.15, -0.1) is 34.2 Å². The van der Waals surface area contributed by atoms with Gasteiger partial charge in [0, 0.05) is 39.0 Å². The summed E-state index contributed by atoms with van der Waals surface area (Å²) >= 11 is 0. The van der Waals surface area contributed by atoms with E-state index in [9.17, 15) is 0 Å². The van der Waals surface area contributed by atoms with Crippen molar-refractivity contribution in [2.75, 3.05) is 13.6 Å². The maximum Gasteiger partial charge on any atom is 0.191 e. The summed E-state index contributed by atoms with van der Waals surface area (Å²) in [7, 11) is 1.83. The minimum absolute atomic E-state index is 0. The lowest BCUT2D eigenvalue weighted by Crippen LogP contribution is -2.39. The monoisotopic (exact) mass is 432 g/mol. The molecular weight excluding hydrogens is 403 g/mol. The van der Waals surface area contributed by atoms with Gasteiger partial charge in [0.15, 0.2) is 5.96 Å². The summed E-state index contributed by atoms with van der Waals surface area (Å²) in [6.45, 7) is 4.28. The molecule has 1 saturated carbocycles. The molecule has 7 heteroatoms. The Kier molecular flexibility index (Phi) is 7.10. The van der Waals surface area contributed by atoms with Gasteiger partial charge in [0.1, 0.15) is 11.6 Å². The first-order chi connectivity index (χ1) is 10.8. The number of aryl methyl sites for hydroxylation is 2. The lowest BCUT2D eigenvalue weighted by molar-refractivity contribution is 0.593. The summed E-state index contributed by atoms with van der Waals surface area (Å²) in [6, 6.07) is 0.610. The molecule has 1 fully saturated rings. The van der Waals surface area contributed by atoms with E-state index in [1.165, 1.54) is 31.5 Å². The van der Waals surface area contributed by atoms with Gasteiger partial charge in [-0.2, -0.15) is 0 Å². The molecular formula is C16H29IN6. The molecule has 0 radical (unpaired) electrons. The Balaban J connectivity index is 0.00000192. The highest BCUT2D eigenvalue weighted by atomic mass is 127. The molecule has 1 aromatic heterocycles. The van der Waals surface area contributed by atoms with Crippen molar-refractivity contribution in [1.82, 2.24) is 25.4 Å². The van der Waals surface area contributed by atoms with Crippen LogP contribution in [0.1, 0.15) is 50.7 Å². The van der Waals surface area contributed by atoms with Crippen LogP contribution in [0, 0.1) is 5.92 Å². The van der Waals surface area contributed by atoms with Crippen molar-refractivity contribution in [3.8, 4) is 0 Å². The molecule has 2 heterocycles. The topological polar surface area (TPSA) is 67.1 Å². The number of rotatable bonds is 5. The number of aliphatic imine (C=N–C) groups is 1. The normalized spacial score (nSPS) is 23.5. The van der Waals surface area contributed by atoms with Crippen molar-refractivity contribution >= 4 is 29.9 Å². The minimum Gasteiger partial charge on any atom is -0.356 e. The summed E-state index contributed by atoms with van der Waals surface area (Å²) < 4.78 is 2.34. The summed E-state index contributed by atoms with van der Waals surface area (Å²) in [6.07, 6.45) is 8.20. The Morgan fingerprint density at radius 2 is 2.13 bits per heavy atom. The lowest BCUT2D eigenvalue weighted by atomic mass is 10.2. The number of hydrogen-bond donors (Lipinski definition) is 2. The minimum atomic E-state index is 0. The van der Waals surface area contributed by atoms with Crippen molar-refractivity contribution in [3.05, 3.63) is 11.6 Å². The van der Waals surface area contributed by atoms with Gasteiger partial charge in [-0.1, -0.05) is 13.3 Å². The van der Waals surface area contributed by atoms with Crippen molar-refractivity contribution in [3.63, 3.8) is 0 Å². The average molecular weight is 432 g/mol. The van der Waals surface area contributed by atoms with Gasteiger partial charge in [0.05, 0.1) is 0 Å². The second-order valence-corrected chi connectivity index (χ2v) is 6.56. The van der Waals surface area contributed by atoms with Gasteiger partial charge in [-0.25, -0.2) is 0 Å². The summed E-state index contributed by atoms with van der Waals surface area (Å²) in [4.78, 5) is 4.28. The Morgan fingerprint density at radius 1 is 1.30 bits per heavy atom. The van der Waals surface area contributed by atoms with Crippen molar-refractivity contribution < 1.29 is 0 Å². The van der Waals surface area contributed by atoms with E-state index in [2.05, 4.69) is 37.3 Å².